The van der Waals surface area contributed by atoms with E-state index in [1.165, 1.54) is 24.4 Å². The highest BCUT2D eigenvalue weighted by atomic mass is 19.3. The van der Waals surface area contributed by atoms with E-state index in [-0.39, 0.29) is 16.7 Å². The number of hydrogen-bond acceptors (Lipinski definition) is 2. The van der Waals surface area contributed by atoms with Crippen molar-refractivity contribution in [1.29, 1.82) is 0 Å². The summed E-state index contributed by atoms with van der Waals surface area (Å²) >= 11 is 0. The zero-order valence-electron chi connectivity index (χ0n) is 15.0. The number of rotatable bonds is 4. The van der Waals surface area contributed by atoms with Gasteiger partial charge in [0.1, 0.15) is 12.4 Å². The molecule has 0 saturated heterocycles. The summed E-state index contributed by atoms with van der Waals surface area (Å²) in [7, 11) is 0. The first kappa shape index (κ1) is 11.8. The molecule has 0 aliphatic heterocycles. The molecule has 0 amide bonds. The van der Waals surface area contributed by atoms with E-state index < -0.39 is 25.4 Å². The van der Waals surface area contributed by atoms with Crippen molar-refractivity contribution in [2.24, 2.45) is 0 Å². The van der Waals surface area contributed by atoms with Crippen LogP contribution in [-0.2, 0) is 0 Å². The van der Waals surface area contributed by atoms with Gasteiger partial charge in [-0.3, -0.25) is 4.79 Å². The Balaban J connectivity index is 2.18. The highest BCUT2D eigenvalue weighted by Gasteiger charge is 2.11. The van der Waals surface area contributed by atoms with Crippen molar-refractivity contribution in [3.8, 4) is 16.9 Å². The van der Waals surface area contributed by atoms with Gasteiger partial charge >= 0.3 is 0 Å². The van der Waals surface area contributed by atoms with Gasteiger partial charge in [-0.25, -0.2) is 8.78 Å². The Kier molecular flexibility index (Phi) is 3.19. The SMILES string of the molecule is [2H]C([2H])([2H])c1ccccc1-c1c[nH]c(=O)c2cc(OCC(F)F)ccc12. The van der Waals surface area contributed by atoms with Gasteiger partial charge in [-0.05, 0) is 41.6 Å². The largest absolute Gasteiger partial charge is 0.488 e. The maximum absolute atomic E-state index is 12.3. The molecule has 0 radical (unpaired) electrons. The monoisotopic (exact) mass is 318 g/mol. The summed E-state index contributed by atoms with van der Waals surface area (Å²) in [6, 6.07) is 10.9. The number of hydrogen-bond donors (Lipinski definition) is 1. The minimum absolute atomic E-state index is 0.143. The maximum Gasteiger partial charge on any atom is 0.272 e. The minimum Gasteiger partial charge on any atom is -0.488 e. The molecule has 1 N–H and O–H groups in total. The van der Waals surface area contributed by atoms with Crippen LogP contribution in [0.1, 0.15) is 9.68 Å². The molecule has 0 unspecified atom stereocenters. The van der Waals surface area contributed by atoms with Crippen molar-refractivity contribution in [1.82, 2.24) is 4.98 Å². The molecule has 0 saturated carbocycles. The van der Waals surface area contributed by atoms with Crippen molar-refractivity contribution in [3.05, 3.63) is 64.6 Å². The number of H-pyrrole nitrogens is 1. The van der Waals surface area contributed by atoms with Gasteiger partial charge in [0.25, 0.3) is 12.0 Å². The van der Waals surface area contributed by atoms with Gasteiger partial charge in [0.15, 0.2) is 0 Å². The topological polar surface area (TPSA) is 42.1 Å². The van der Waals surface area contributed by atoms with Crippen LogP contribution in [0.25, 0.3) is 21.9 Å². The molecule has 3 nitrogen and oxygen atoms in total. The summed E-state index contributed by atoms with van der Waals surface area (Å²) in [5, 5.41) is 0.740. The number of nitrogens with one attached hydrogen (secondary N) is 1. The molecule has 5 heteroatoms. The first-order valence-corrected chi connectivity index (χ1v) is 6.93. The minimum atomic E-state index is -2.62. The van der Waals surface area contributed by atoms with E-state index in [0.717, 1.165) is 0 Å². The van der Waals surface area contributed by atoms with Crippen LogP contribution in [0.15, 0.2) is 53.5 Å². The lowest BCUT2D eigenvalue weighted by atomic mass is 9.97. The van der Waals surface area contributed by atoms with Gasteiger partial charge in [-0.1, -0.05) is 24.3 Å². The highest BCUT2D eigenvalue weighted by Crippen LogP contribution is 2.30. The van der Waals surface area contributed by atoms with Crippen molar-refractivity contribution in [3.63, 3.8) is 0 Å². The van der Waals surface area contributed by atoms with E-state index in [9.17, 15) is 13.6 Å². The molecule has 3 aromatic rings. The van der Waals surface area contributed by atoms with Crippen LogP contribution < -0.4 is 10.3 Å². The molecular formula is C18H15F2NO2. The molecule has 1 aromatic heterocycles. The Labute approximate surface area is 135 Å². The Morgan fingerprint density at radius 1 is 1.17 bits per heavy atom. The summed E-state index contributed by atoms with van der Waals surface area (Å²) in [5.41, 5.74) is 0.741. The van der Waals surface area contributed by atoms with Crippen LogP contribution in [0.5, 0.6) is 5.75 Å². The molecule has 0 aliphatic carbocycles. The fourth-order valence-electron chi connectivity index (χ4n) is 2.43. The Morgan fingerprint density at radius 3 is 2.78 bits per heavy atom. The van der Waals surface area contributed by atoms with Crippen molar-refractivity contribution in [2.45, 2.75) is 13.3 Å². The molecular weight excluding hydrogens is 300 g/mol. The smallest absolute Gasteiger partial charge is 0.272 e. The van der Waals surface area contributed by atoms with E-state index in [2.05, 4.69) is 4.98 Å². The molecule has 0 bridgehead atoms. The number of aromatic amines is 1. The van der Waals surface area contributed by atoms with Gasteiger partial charge in [-0.2, -0.15) is 0 Å². The van der Waals surface area contributed by atoms with E-state index in [0.29, 0.717) is 16.5 Å². The zero-order chi connectivity index (χ0) is 18.9. The van der Waals surface area contributed by atoms with Gasteiger partial charge in [0, 0.05) is 15.9 Å². The third-order valence-corrected chi connectivity index (χ3v) is 3.47. The van der Waals surface area contributed by atoms with Crippen molar-refractivity contribution < 1.29 is 17.6 Å². The number of aryl methyl sites for hydroxylation is 1. The summed E-state index contributed by atoms with van der Waals surface area (Å²) in [6.07, 6.45) is -1.17. The molecule has 2 aromatic carbocycles. The fraction of sp³-hybridized carbons (Fsp3) is 0.167. The second-order valence-corrected chi connectivity index (χ2v) is 4.99. The number of alkyl halides is 2. The van der Waals surface area contributed by atoms with Crippen molar-refractivity contribution >= 4 is 10.8 Å². The van der Waals surface area contributed by atoms with Crippen LogP contribution in [0, 0.1) is 6.85 Å². The van der Waals surface area contributed by atoms with E-state index in [4.69, 9.17) is 8.85 Å². The number of aromatic nitrogens is 1. The summed E-state index contributed by atoms with van der Waals surface area (Å²) < 4.78 is 52.7. The average Bonchev–Trinajstić information content (AvgIpc) is 2.60. The van der Waals surface area contributed by atoms with Gasteiger partial charge in [0.2, 0.25) is 0 Å². The maximum atomic E-state index is 12.3. The number of pyridine rings is 1. The number of halogens is 2. The molecule has 3 rings (SSSR count). The molecule has 0 atom stereocenters. The lowest BCUT2D eigenvalue weighted by Gasteiger charge is -2.11. The van der Waals surface area contributed by atoms with E-state index in [1.807, 2.05) is 0 Å². The third kappa shape index (κ3) is 3.08. The van der Waals surface area contributed by atoms with Crippen LogP contribution in [0.4, 0.5) is 8.78 Å². The predicted molar refractivity (Wildman–Crippen MR) is 86.2 cm³/mol. The molecule has 0 aliphatic rings. The van der Waals surface area contributed by atoms with Crippen LogP contribution in [0.3, 0.4) is 0 Å². The van der Waals surface area contributed by atoms with Crippen LogP contribution in [-0.4, -0.2) is 18.0 Å². The van der Waals surface area contributed by atoms with Crippen molar-refractivity contribution in [2.75, 3.05) is 6.61 Å². The lowest BCUT2D eigenvalue weighted by Crippen LogP contribution is -2.09. The summed E-state index contributed by atoms with van der Waals surface area (Å²) in [4.78, 5) is 14.7. The Bertz CT molecular complexity index is 1000. The summed E-state index contributed by atoms with van der Waals surface area (Å²) in [5.74, 6) is 0.143. The standard InChI is InChI=1S/C18H15F2NO2/c1-11-4-2-3-5-13(11)16-9-21-18(22)15-8-12(6-7-14(15)16)23-10-17(19)20/h2-9,17H,10H2,1H3,(H,21,22)/i1D3. The predicted octanol–water partition coefficient (Wildman–Crippen LogP) is 4.15. The highest BCUT2D eigenvalue weighted by molar-refractivity contribution is 5.96. The van der Waals surface area contributed by atoms with Gasteiger partial charge in [0.05, 0.1) is 5.39 Å². The molecule has 0 fully saturated rings. The van der Waals surface area contributed by atoms with Crippen LogP contribution in [0.2, 0.25) is 0 Å². The quantitative estimate of drug-likeness (QED) is 0.785. The Morgan fingerprint density at radius 2 is 2.00 bits per heavy atom. The van der Waals surface area contributed by atoms with E-state index >= 15 is 0 Å². The fourth-order valence-corrected chi connectivity index (χ4v) is 2.43. The number of benzene rings is 2. The van der Waals surface area contributed by atoms with Gasteiger partial charge < -0.3 is 9.72 Å². The first-order chi connectivity index (χ1) is 12.3. The molecule has 1 heterocycles. The first-order valence-electron chi connectivity index (χ1n) is 8.43. The Hall–Kier alpha value is -2.69. The van der Waals surface area contributed by atoms with Crippen LogP contribution >= 0.6 is 0 Å². The second-order valence-electron chi connectivity index (χ2n) is 4.99. The van der Waals surface area contributed by atoms with Gasteiger partial charge in [-0.15, -0.1) is 0 Å². The average molecular weight is 318 g/mol. The number of fused-ring (bicyclic) bond motifs is 1. The third-order valence-electron chi connectivity index (χ3n) is 3.47. The number of ether oxygens (including phenoxy) is 1. The normalized spacial score (nSPS) is 13.6. The molecule has 0 spiro atoms. The second kappa shape index (κ2) is 6.20. The van der Waals surface area contributed by atoms with E-state index in [1.54, 1.807) is 24.3 Å². The lowest BCUT2D eigenvalue weighted by molar-refractivity contribution is 0.0820. The molecule has 23 heavy (non-hydrogen) atoms. The zero-order valence-corrected chi connectivity index (χ0v) is 12.0. The molecule has 118 valence electrons. The summed E-state index contributed by atoms with van der Waals surface area (Å²) in [6.45, 7) is -3.09.